The smallest absolute Gasteiger partial charge is 0.274 e. The average molecular weight is 353 g/mol. The van der Waals surface area contributed by atoms with Crippen molar-refractivity contribution in [1.29, 1.82) is 0 Å². The van der Waals surface area contributed by atoms with Gasteiger partial charge in [0.15, 0.2) is 0 Å². The Morgan fingerprint density at radius 3 is 2.31 bits per heavy atom. The lowest BCUT2D eigenvalue weighted by atomic mass is 10.0. The van der Waals surface area contributed by atoms with E-state index in [0.717, 1.165) is 6.42 Å². The Kier molecular flexibility index (Phi) is 6.89. The van der Waals surface area contributed by atoms with E-state index in [1.807, 2.05) is 24.3 Å². The lowest BCUT2D eigenvalue weighted by molar-refractivity contribution is 0.0952. The van der Waals surface area contributed by atoms with Gasteiger partial charge in [0, 0.05) is 24.0 Å². The maximum Gasteiger partial charge on any atom is 0.274 e. The van der Waals surface area contributed by atoms with E-state index in [1.165, 1.54) is 17.8 Å². The number of hydrogen-bond acceptors (Lipinski definition) is 3. The summed E-state index contributed by atoms with van der Waals surface area (Å²) in [5, 5.41) is 5.68. The summed E-state index contributed by atoms with van der Waals surface area (Å²) in [5.74, 6) is 0.436. The second-order valence-electron chi connectivity index (χ2n) is 7.10. The van der Waals surface area contributed by atoms with Crippen molar-refractivity contribution >= 4 is 17.5 Å². The van der Waals surface area contributed by atoms with Crippen LogP contribution in [0.5, 0.6) is 0 Å². The molecule has 2 N–H and O–H groups in total. The van der Waals surface area contributed by atoms with Crippen molar-refractivity contribution in [2.45, 2.75) is 40.0 Å². The molecular formula is C21H27N3O2. The van der Waals surface area contributed by atoms with Crippen LogP contribution < -0.4 is 10.6 Å². The molecular weight excluding hydrogens is 326 g/mol. The minimum atomic E-state index is -0.334. The highest BCUT2D eigenvalue weighted by molar-refractivity contribution is 6.04. The molecule has 2 amide bonds. The Hall–Kier alpha value is -2.69. The molecule has 0 aliphatic carbocycles. The van der Waals surface area contributed by atoms with E-state index in [-0.39, 0.29) is 17.5 Å². The van der Waals surface area contributed by atoms with Gasteiger partial charge in [-0.25, -0.2) is 0 Å². The molecule has 2 aromatic rings. The number of benzene rings is 1. The molecule has 1 aromatic heterocycles. The fraction of sp³-hybridized carbons (Fsp3) is 0.381. The Morgan fingerprint density at radius 1 is 1.00 bits per heavy atom. The molecule has 1 aromatic carbocycles. The molecule has 5 heteroatoms. The quantitative estimate of drug-likeness (QED) is 0.782. The van der Waals surface area contributed by atoms with Gasteiger partial charge in [0.1, 0.15) is 5.69 Å². The van der Waals surface area contributed by atoms with E-state index in [2.05, 4.69) is 43.3 Å². The predicted molar refractivity (Wildman–Crippen MR) is 105 cm³/mol. The van der Waals surface area contributed by atoms with Gasteiger partial charge < -0.3 is 10.6 Å². The molecule has 0 aliphatic heterocycles. The maximum absolute atomic E-state index is 12.4. The van der Waals surface area contributed by atoms with E-state index < -0.39 is 0 Å². The van der Waals surface area contributed by atoms with Gasteiger partial charge >= 0.3 is 0 Å². The number of rotatable bonds is 7. The first kappa shape index (κ1) is 19.6. The molecule has 1 heterocycles. The SMILES string of the molecule is CC(C)CCNC(=O)c1ccnc(C(=O)Nc2ccc(C(C)C)cc2)c1. The van der Waals surface area contributed by atoms with Crippen molar-refractivity contribution in [1.82, 2.24) is 10.3 Å². The molecule has 0 saturated carbocycles. The maximum atomic E-state index is 12.4. The van der Waals surface area contributed by atoms with Gasteiger partial charge in [-0.15, -0.1) is 0 Å². The zero-order valence-electron chi connectivity index (χ0n) is 15.9. The molecule has 0 unspecified atom stereocenters. The third kappa shape index (κ3) is 5.69. The lowest BCUT2D eigenvalue weighted by Crippen LogP contribution is -2.26. The molecule has 0 saturated heterocycles. The zero-order chi connectivity index (χ0) is 19.1. The van der Waals surface area contributed by atoms with Crippen molar-refractivity contribution in [2.75, 3.05) is 11.9 Å². The molecule has 0 fully saturated rings. The Balaban J connectivity index is 2.01. The average Bonchev–Trinajstić information content (AvgIpc) is 2.62. The highest BCUT2D eigenvalue weighted by atomic mass is 16.2. The van der Waals surface area contributed by atoms with Crippen LogP contribution in [0.3, 0.4) is 0 Å². The summed E-state index contributed by atoms with van der Waals surface area (Å²) < 4.78 is 0. The van der Waals surface area contributed by atoms with Crippen LogP contribution in [0.1, 0.15) is 66.4 Å². The van der Waals surface area contributed by atoms with Crippen molar-refractivity contribution in [2.24, 2.45) is 5.92 Å². The van der Waals surface area contributed by atoms with E-state index >= 15 is 0 Å². The molecule has 26 heavy (non-hydrogen) atoms. The molecule has 0 spiro atoms. The van der Waals surface area contributed by atoms with Gasteiger partial charge in [-0.2, -0.15) is 0 Å². The number of carbonyl (C=O) groups excluding carboxylic acids is 2. The fourth-order valence-electron chi connectivity index (χ4n) is 2.42. The monoisotopic (exact) mass is 353 g/mol. The first-order chi connectivity index (χ1) is 12.4. The highest BCUT2D eigenvalue weighted by Crippen LogP contribution is 2.17. The summed E-state index contributed by atoms with van der Waals surface area (Å²) in [6.45, 7) is 9.07. The Morgan fingerprint density at radius 2 is 1.69 bits per heavy atom. The number of aromatic nitrogens is 1. The van der Waals surface area contributed by atoms with Crippen molar-refractivity contribution < 1.29 is 9.59 Å². The van der Waals surface area contributed by atoms with Crippen LogP contribution in [0.2, 0.25) is 0 Å². The van der Waals surface area contributed by atoms with Gasteiger partial charge in [0.2, 0.25) is 0 Å². The van der Waals surface area contributed by atoms with E-state index in [1.54, 1.807) is 6.07 Å². The van der Waals surface area contributed by atoms with E-state index in [0.29, 0.717) is 29.6 Å². The number of anilines is 1. The van der Waals surface area contributed by atoms with Crippen LogP contribution >= 0.6 is 0 Å². The van der Waals surface area contributed by atoms with Crippen LogP contribution in [-0.4, -0.2) is 23.3 Å². The Bertz CT molecular complexity index is 752. The standard InChI is InChI=1S/C21H27N3O2/c1-14(2)9-11-23-20(25)17-10-12-22-19(13-17)21(26)24-18-7-5-16(6-8-18)15(3)4/h5-8,10,12-15H,9,11H2,1-4H3,(H,23,25)(H,24,26). The second-order valence-corrected chi connectivity index (χ2v) is 7.10. The third-order valence-corrected chi connectivity index (χ3v) is 4.10. The molecule has 0 bridgehead atoms. The van der Waals surface area contributed by atoms with Crippen LogP contribution in [0.4, 0.5) is 5.69 Å². The van der Waals surface area contributed by atoms with Crippen molar-refractivity contribution in [3.63, 3.8) is 0 Å². The second kappa shape index (κ2) is 9.13. The largest absolute Gasteiger partial charge is 0.352 e. The summed E-state index contributed by atoms with van der Waals surface area (Å²) in [5.41, 5.74) is 2.56. The van der Waals surface area contributed by atoms with Gasteiger partial charge in [-0.3, -0.25) is 14.6 Å². The fourth-order valence-corrected chi connectivity index (χ4v) is 2.42. The van der Waals surface area contributed by atoms with Gasteiger partial charge in [0.05, 0.1) is 0 Å². The number of hydrogen-bond donors (Lipinski definition) is 2. The summed E-state index contributed by atoms with van der Waals surface area (Å²) in [4.78, 5) is 28.7. The minimum absolute atomic E-state index is 0.191. The molecule has 2 rings (SSSR count). The van der Waals surface area contributed by atoms with Gasteiger partial charge in [0.25, 0.3) is 11.8 Å². The summed E-state index contributed by atoms with van der Waals surface area (Å²) in [7, 11) is 0. The molecule has 0 radical (unpaired) electrons. The van der Waals surface area contributed by atoms with Crippen LogP contribution in [0.15, 0.2) is 42.6 Å². The molecule has 0 aliphatic rings. The normalized spacial score (nSPS) is 10.8. The number of carbonyl (C=O) groups is 2. The Labute approximate surface area is 155 Å². The first-order valence-corrected chi connectivity index (χ1v) is 9.02. The molecule has 138 valence electrons. The lowest BCUT2D eigenvalue weighted by Gasteiger charge is -2.09. The van der Waals surface area contributed by atoms with Crippen LogP contribution in [0.25, 0.3) is 0 Å². The minimum Gasteiger partial charge on any atom is -0.352 e. The number of pyridine rings is 1. The first-order valence-electron chi connectivity index (χ1n) is 9.02. The van der Waals surface area contributed by atoms with Gasteiger partial charge in [-0.1, -0.05) is 39.8 Å². The van der Waals surface area contributed by atoms with Crippen LogP contribution in [0, 0.1) is 5.92 Å². The van der Waals surface area contributed by atoms with E-state index in [4.69, 9.17) is 0 Å². The topological polar surface area (TPSA) is 71.1 Å². The van der Waals surface area contributed by atoms with Gasteiger partial charge in [-0.05, 0) is 48.1 Å². The molecule has 0 atom stereocenters. The number of nitrogens with one attached hydrogen (secondary N) is 2. The zero-order valence-corrected chi connectivity index (χ0v) is 15.9. The summed E-state index contributed by atoms with van der Waals surface area (Å²) >= 11 is 0. The highest BCUT2D eigenvalue weighted by Gasteiger charge is 2.12. The predicted octanol–water partition coefficient (Wildman–Crippen LogP) is 4.23. The summed E-state index contributed by atoms with van der Waals surface area (Å²) in [6, 6.07) is 10.9. The van der Waals surface area contributed by atoms with Crippen molar-refractivity contribution in [3.05, 3.63) is 59.4 Å². The number of amides is 2. The van der Waals surface area contributed by atoms with Crippen LogP contribution in [-0.2, 0) is 0 Å². The molecule has 5 nitrogen and oxygen atoms in total. The summed E-state index contributed by atoms with van der Waals surface area (Å²) in [6.07, 6.45) is 2.39. The van der Waals surface area contributed by atoms with E-state index in [9.17, 15) is 9.59 Å². The number of nitrogens with zero attached hydrogens (tertiary/aromatic N) is 1. The van der Waals surface area contributed by atoms with Crippen molar-refractivity contribution in [3.8, 4) is 0 Å². The third-order valence-electron chi connectivity index (χ3n) is 4.10.